The standard InChI is InChI=1S/C19H14N2OS/c1-2-11-22-16-9-7-14(8-10-16)12-15(13-20)19-21-17-5-3-4-6-18(17)23-19/h2-10,12H,1,11H2. The average molecular weight is 318 g/mol. The second kappa shape index (κ2) is 6.91. The summed E-state index contributed by atoms with van der Waals surface area (Å²) in [5.41, 5.74) is 2.42. The molecule has 0 radical (unpaired) electrons. The highest BCUT2D eigenvalue weighted by molar-refractivity contribution is 7.19. The van der Waals surface area contributed by atoms with E-state index in [0.717, 1.165) is 26.5 Å². The topological polar surface area (TPSA) is 45.9 Å². The molecule has 3 rings (SSSR count). The second-order valence-electron chi connectivity index (χ2n) is 4.83. The lowest BCUT2D eigenvalue weighted by Gasteiger charge is -2.03. The molecule has 0 saturated carbocycles. The monoisotopic (exact) mass is 318 g/mol. The molecule has 0 aliphatic heterocycles. The zero-order valence-corrected chi connectivity index (χ0v) is 13.2. The van der Waals surface area contributed by atoms with Crippen LogP contribution >= 0.6 is 11.3 Å². The van der Waals surface area contributed by atoms with Gasteiger partial charge in [0.05, 0.1) is 15.8 Å². The van der Waals surface area contributed by atoms with Crippen LogP contribution in [0.3, 0.4) is 0 Å². The van der Waals surface area contributed by atoms with Crippen LogP contribution in [0, 0.1) is 11.3 Å². The minimum atomic E-state index is 0.477. The molecule has 0 aliphatic rings. The molecule has 3 nitrogen and oxygen atoms in total. The number of fused-ring (bicyclic) bond motifs is 1. The molecule has 1 aromatic heterocycles. The molecule has 0 N–H and O–H groups in total. The predicted octanol–water partition coefficient (Wildman–Crippen LogP) is 4.93. The van der Waals surface area contributed by atoms with Gasteiger partial charge in [-0.25, -0.2) is 4.98 Å². The summed E-state index contributed by atoms with van der Waals surface area (Å²) in [5.74, 6) is 0.778. The van der Waals surface area contributed by atoms with Crippen LogP contribution < -0.4 is 4.74 Å². The summed E-state index contributed by atoms with van der Waals surface area (Å²) in [4.78, 5) is 4.53. The zero-order valence-electron chi connectivity index (χ0n) is 12.4. The van der Waals surface area contributed by atoms with Crippen molar-refractivity contribution in [3.8, 4) is 11.8 Å². The summed E-state index contributed by atoms with van der Waals surface area (Å²) in [6, 6.07) is 17.7. The Morgan fingerprint density at radius 3 is 2.70 bits per heavy atom. The van der Waals surface area contributed by atoms with Crippen molar-refractivity contribution < 1.29 is 4.74 Å². The van der Waals surface area contributed by atoms with Gasteiger partial charge >= 0.3 is 0 Å². The van der Waals surface area contributed by atoms with Crippen LogP contribution in [0.4, 0.5) is 0 Å². The van der Waals surface area contributed by atoms with Gasteiger partial charge in [0.25, 0.3) is 0 Å². The molecule has 0 unspecified atom stereocenters. The predicted molar refractivity (Wildman–Crippen MR) is 95.2 cm³/mol. The molecule has 1 heterocycles. The summed E-state index contributed by atoms with van der Waals surface area (Å²) in [7, 11) is 0. The Balaban J connectivity index is 1.89. The van der Waals surface area contributed by atoms with Gasteiger partial charge in [0.1, 0.15) is 23.4 Å². The molecule has 0 fully saturated rings. The molecule has 0 saturated heterocycles. The molecular weight excluding hydrogens is 304 g/mol. The van der Waals surface area contributed by atoms with Crippen molar-refractivity contribution in [2.24, 2.45) is 0 Å². The first-order valence-corrected chi connectivity index (χ1v) is 7.93. The van der Waals surface area contributed by atoms with Crippen molar-refractivity contribution >= 4 is 33.2 Å². The Morgan fingerprint density at radius 2 is 2.00 bits per heavy atom. The summed E-state index contributed by atoms with van der Waals surface area (Å²) in [6.45, 7) is 4.10. The van der Waals surface area contributed by atoms with Crippen LogP contribution in [0.15, 0.2) is 61.2 Å². The number of para-hydroxylation sites is 1. The van der Waals surface area contributed by atoms with E-state index in [-0.39, 0.29) is 0 Å². The first-order valence-electron chi connectivity index (χ1n) is 7.11. The number of hydrogen-bond acceptors (Lipinski definition) is 4. The van der Waals surface area contributed by atoms with E-state index in [1.807, 2.05) is 54.6 Å². The lowest BCUT2D eigenvalue weighted by atomic mass is 10.1. The molecule has 0 amide bonds. The molecule has 23 heavy (non-hydrogen) atoms. The number of aromatic nitrogens is 1. The molecule has 0 spiro atoms. The van der Waals surface area contributed by atoms with E-state index < -0.39 is 0 Å². The van der Waals surface area contributed by atoms with Gasteiger partial charge in [-0.2, -0.15) is 5.26 Å². The average Bonchev–Trinajstić information content (AvgIpc) is 3.02. The number of hydrogen-bond donors (Lipinski definition) is 0. The summed E-state index contributed by atoms with van der Waals surface area (Å²) >= 11 is 1.53. The normalized spacial score (nSPS) is 11.2. The van der Waals surface area contributed by atoms with Gasteiger partial charge in [-0.1, -0.05) is 36.9 Å². The fourth-order valence-corrected chi connectivity index (χ4v) is 3.04. The maximum atomic E-state index is 9.45. The Morgan fingerprint density at radius 1 is 1.22 bits per heavy atom. The highest BCUT2D eigenvalue weighted by Crippen LogP contribution is 2.28. The lowest BCUT2D eigenvalue weighted by Crippen LogP contribution is -1.92. The van der Waals surface area contributed by atoms with Crippen LogP contribution in [0.2, 0.25) is 0 Å². The summed E-state index contributed by atoms with van der Waals surface area (Å²) < 4.78 is 6.53. The van der Waals surface area contributed by atoms with Gasteiger partial charge in [-0.05, 0) is 35.9 Å². The van der Waals surface area contributed by atoms with Crippen LogP contribution in [-0.4, -0.2) is 11.6 Å². The first-order chi connectivity index (χ1) is 11.3. The smallest absolute Gasteiger partial charge is 0.135 e. The van der Waals surface area contributed by atoms with Crippen LogP contribution in [0.1, 0.15) is 10.6 Å². The fourth-order valence-electron chi connectivity index (χ4n) is 2.11. The molecule has 112 valence electrons. The molecule has 0 aliphatic carbocycles. The van der Waals surface area contributed by atoms with Crippen molar-refractivity contribution in [3.05, 3.63) is 71.8 Å². The number of nitrogens with zero attached hydrogens (tertiary/aromatic N) is 2. The summed E-state index contributed by atoms with van der Waals surface area (Å²) in [6.07, 6.45) is 3.55. The molecule has 3 aromatic rings. The van der Waals surface area contributed by atoms with Gasteiger partial charge in [-0.15, -0.1) is 11.3 Å². The number of ether oxygens (including phenoxy) is 1. The molecule has 2 aromatic carbocycles. The minimum absolute atomic E-state index is 0.477. The van der Waals surface area contributed by atoms with E-state index in [1.165, 1.54) is 11.3 Å². The number of nitriles is 1. The quantitative estimate of drug-likeness (QED) is 0.495. The SMILES string of the molecule is C=CCOc1ccc(C=C(C#N)c2nc3ccccc3s2)cc1. The van der Waals surface area contributed by atoms with E-state index in [0.29, 0.717) is 12.2 Å². The third-order valence-electron chi connectivity index (χ3n) is 3.20. The lowest BCUT2D eigenvalue weighted by molar-refractivity contribution is 0.363. The van der Waals surface area contributed by atoms with E-state index in [9.17, 15) is 5.26 Å². The maximum absolute atomic E-state index is 9.45. The Kier molecular flexibility index (Phi) is 4.51. The number of rotatable bonds is 5. The van der Waals surface area contributed by atoms with Crippen molar-refractivity contribution in [3.63, 3.8) is 0 Å². The van der Waals surface area contributed by atoms with Crippen LogP contribution in [0.25, 0.3) is 21.9 Å². The van der Waals surface area contributed by atoms with Crippen molar-refractivity contribution in [1.29, 1.82) is 5.26 Å². The molecule has 0 bridgehead atoms. The highest BCUT2D eigenvalue weighted by atomic mass is 32.1. The molecule has 4 heteroatoms. The van der Waals surface area contributed by atoms with Crippen LogP contribution in [-0.2, 0) is 0 Å². The third-order valence-corrected chi connectivity index (χ3v) is 4.27. The van der Waals surface area contributed by atoms with Crippen molar-refractivity contribution in [1.82, 2.24) is 4.98 Å². The Labute approximate surface area is 138 Å². The largest absolute Gasteiger partial charge is 0.490 e. The van der Waals surface area contributed by atoms with Gasteiger partial charge < -0.3 is 4.74 Å². The van der Waals surface area contributed by atoms with E-state index in [4.69, 9.17) is 4.74 Å². The van der Waals surface area contributed by atoms with Gasteiger partial charge in [-0.3, -0.25) is 0 Å². The number of benzene rings is 2. The highest BCUT2D eigenvalue weighted by Gasteiger charge is 2.08. The van der Waals surface area contributed by atoms with Gasteiger partial charge in [0, 0.05) is 0 Å². The summed E-state index contributed by atoms with van der Waals surface area (Å²) in [5, 5.41) is 10.2. The number of thiazole rings is 1. The van der Waals surface area contributed by atoms with Gasteiger partial charge in [0.15, 0.2) is 0 Å². The van der Waals surface area contributed by atoms with E-state index >= 15 is 0 Å². The molecule has 0 atom stereocenters. The maximum Gasteiger partial charge on any atom is 0.135 e. The van der Waals surface area contributed by atoms with E-state index in [1.54, 1.807) is 6.08 Å². The third kappa shape index (κ3) is 3.47. The van der Waals surface area contributed by atoms with Gasteiger partial charge in [0.2, 0.25) is 0 Å². The zero-order chi connectivity index (χ0) is 16.1. The van der Waals surface area contributed by atoms with Crippen LogP contribution in [0.5, 0.6) is 5.75 Å². The second-order valence-corrected chi connectivity index (χ2v) is 5.86. The molecular formula is C19H14N2OS. The fraction of sp³-hybridized carbons (Fsp3) is 0.0526. The van der Waals surface area contributed by atoms with Crippen molar-refractivity contribution in [2.45, 2.75) is 0 Å². The Hall–Kier alpha value is -2.90. The number of allylic oxidation sites excluding steroid dienone is 1. The van der Waals surface area contributed by atoms with E-state index in [2.05, 4.69) is 17.6 Å². The van der Waals surface area contributed by atoms with Crippen molar-refractivity contribution in [2.75, 3.05) is 6.61 Å². The first kappa shape index (κ1) is 15.0. The Bertz CT molecular complexity index is 868. The minimum Gasteiger partial charge on any atom is -0.490 e.